The summed E-state index contributed by atoms with van der Waals surface area (Å²) < 4.78 is 5.51. The van der Waals surface area contributed by atoms with Gasteiger partial charge in [-0.3, -0.25) is 9.59 Å². The van der Waals surface area contributed by atoms with Crippen LogP contribution in [0, 0.1) is 12.3 Å². The van der Waals surface area contributed by atoms with Crippen LogP contribution in [0.4, 0.5) is 10.5 Å². The fraction of sp³-hybridized carbons (Fsp3) is 0.289. The number of unbranched alkanes of at least 4 members (excludes halogenated alkanes) is 1. The van der Waals surface area contributed by atoms with Gasteiger partial charge in [0.05, 0.1) is 0 Å². The van der Waals surface area contributed by atoms with Crippen molar-refractivity contribution in [3.05, 3.63) is 108 Å². The fourth-order valence-electron chi connectivity index (χ4n) is 5.21. The van der Waals surface area contributed by atoms with Crippen molar-refractivity contribution in [3.63, 3.8) is 0 Å². The number of benzene rings is 4. The summed E-state index contributed by atoms with van der Waals surface area (Å²) in [6, 6.07) is 24.7. The number of hydrogen-bond acceptors (Lipinski definition) is 5. The molecule has 0 fully saturated rings. The van der Waals surface area contributed by atoms with Crippen molar-refractivity contribution in [2.45, 2.75) is 64.6 Å². The van der Waals surface area contributed by atoms with Crippen LogP contribution < -0.4 is 10.6 Å². The number of phenolic OH excluding ortho intramolecular Hbond substituents is 1. The number of carbonyl (C=O) groups excluding carboxylic acids is 3. The van der Waals surface area contributed by atoms with Crippen molar-refractivity contribution in [2.24, 2.45) is 0 Å². The molecule has 0 heterocycles. The lowest BCUT2D eigenvalue weighted by molar-refractivity contribution is -0.140. The van der Waals surface area contributed by atoms with Gasteiger partial charge in [0.2, 0.25) is 5.91 Å². The summed E-state index contributed by atoms with van der Waals surface area (Å²) in [6.07, 6.45) is 6.58. The monoisotopic (exact) mass is 619 g/mol. The number of alkyl carbamates (subject to hydrolysis) is 1. The Morgan fingerprint density at radius 3 is 2.28 bits per heavy atom. The second-order valence-electron chi connectivity index (χ2n) is 12.1. The molecule has 8 heteroatoms. The molecule has 0 spiro atoms. The van der Waals surface area contributed by atoms with Gasteiger partial charge in [-0.1, -0.05) is 79.9 Å². The summed E-state index contributed by atoms with van der Waals surface area (Å²) in [5.74, 6) is 1.83. The molecule has 0 saturated heterocycles. The van der Waals surface area contributed by atoms with Gasteiger partial charge < -0.3 is 25.4 Å². The maximum Gasteiger partial charge on any atom is 0.408 e. The van der Waals surface area contributed by atoms with E-state index in [-0.39, 0.29) is 18.7 Å². The number of rotatable bonds is 11. The Morgan fingerprint density at radius 1 is 0.935 bits per heavy atom. The van der Waals surface area contributed by atoms with E-state index in [1.807, 2.05) is 49.4 Å². The van der Waals surface area contributed by atoms with E-state index >= 15 is 0 Å². The Bertz CT molecular complexity index is 1720. The minimum Gasteiger partial charge on any atom is -0.508 e. The molecule has 3 N–H and O–H groups in total. The molecule has 0 bridgehead atoms. The number of aromatic hydroxyl groups is 1. The highest BCUT2D eigenvalue weighted by Crippen LogP contribution is 2.29. The predicted molar refractivity (Wildman–Crippen MR) is 181 cm³/mol. The highest BCUT2D eigenvalue weighted by molar-refractivity contribution is 6.00. The number of anilines is 1. The van der Waals surface area contributed by atoms with Gasteiger partial charge in [0.25, 0.3) is 5.91 Å². The van der Waals surface area contributed by atoms with E-state index in [1.165, 1.54) is 17.0 Å². The average Bonchev–Trinajstić information content (AvgIpc) is 3.02. The van der Waals surface area contributed by atoms with Gasteiger partial charge in [-0.05, 0) is 79.4 Å². The van der Waals surface area contributed by atoms with Crippen LogP contribution in [-0.2, 0) is 20.7 Å². The third-order valence-electron chi connectivity index (χ3n) is 7.39. The minimum absolute atomic E-state index is 0.0765. The zero-order valence-electron chi connectivity index (χ0n) is 26.7. The molecule has 2 atom stereocenters. The zero-order chi connectivity index (χ0) is 33.3. The lowest BCUT2D eigenvalue weighted by Crippen LogP contribution is -2.53. The van der Waals surface area contributed by atoms with E-state index in [9.17, 15) is 19.5 Å². The number of nitrogens with zero attached hydrogens (tertiary/aromatic N) is 1. The maximum atomic E-state index is 14.6. The highest BCUT2D eigenvalue weighted by Gasteiger charge is 2.37. The number of phenols is 1. The minimum atomic E-state index is -1.11. The van der Waals surface area contributed by atoms with E-state index in [2.05, 4.69) is 16.6 Å². The molecule has 0 aliphatic carbocycles. The quantitative estimate of drug-likeness (QED) is 0.157. The molecule has 0 radical (unpaired) electrons. The zero-order valence-corrected chi connectivity index (χ0v) is 26.7. The van der Waals surface area contributed by atoms with Crippen LogP contribution in [0.25, 0.3) is 10.8 Å². The number of ether oxygens (including phenoxy) is 1. The third-order valence-corrected chi connectivity index (χ3v) is 7.39. The highest BCUT2D eigenvalue weighted by atomic mass is 16.6. The topological polar surface area (TPSA) is 108 Å². The van der Waals surface area contributed by atoms with Crippen LogP contribution in [0.5, 0.6) is 5.75 Å². The molecule has 0 aliphatic heterocycles. The van der Waals surface area contributed by atoms with E-state index in [1.54, 1.807) is 57.2 Å². The summed E-state index contributed by atoms with van der Waals surface area (Å²) in [7, 11) is 0. The number of carbonyl (C=O) groups is 3. The first-order valence-electron chi connectivity index (χ1n) is 15.4. The van der Waals surface area contributed by atoms with Crippen molar-refractivity contribution in [3.8, 4) is 18.1 Å². The molecule has 4 rings (SSSR count). The number of hydrogen-bond donors (Lipinski definition) is 3. The Morgan fingerprint density at radius 2 is 1.61 bits per heavy atom. The molecular formula is C38H41N3O5. The fourth-order valence-corrected chi connectivity index (χ4v) is 5.21. The molecule has 0 aliphatic rings. The van der Waals surface area contributed by atoms with Crippen molar-refractivity contribution >= 4 is 34.4 Å². The first-order chi connectivity index (χ1) is 22.0. The number of amides is 3. The largest absolute Gasteiger partial charge is 0.508 e. The van der Waals surface area contributed by atoms with Crippen LogP contribution in [0.1, 0.15) is 63.3 Å². The van der Waals surface area contributed by atoms with Gasteiger partial charge in [0.15, 0.2) is 0 Å². The normalized spacial score (nSPS) is 12.4. The Kier molecular flexibility index (Phi) is 11.1. The third kappa shape index (κ3) is 8.89. The van der Waals surface area contributed by atoms with Crippen LogP contribution in [0.15, 0.2) is 91.0 Å². The van der Waals surface area contributed by atoms with Gasteiger partial charge in [0, 0.05) is 24.2 Å². The van der Waals surface area contributed by atoms with Crippen molar-refractivity contribution in [2.75, 3.05) is 11.9 Å². The van der Waals surface area contributed by atoms with Gasteiger partial charge in [-0.15, -0.1) is 6.42 Å². The number of terminal acetylenes is 1. The lowest BCUT2D eigenvalue weighted by Gasteiger charge is -2.35. The van der Waals surface area contributed by atoms with Crippen LogP contribution in [0.2, 0.25) is 0 Å². The molecule has 0 saturated carbocycles. The molecule has 46 heavy (non-hydrogen) atoms. The lowest BCUT2D eigenvalue weighted by atomic mass is 9.96. The molecule has 4 aromatic rings. The Labute approximate surface area is 270 Å². The van der Waals surface area contributed by atoms with Crippen LogP contribution in [0.3, 0.4) is 0 Å². The van der Waals surface area contributed by atoms with E-state index in [0.29, 0.717) is 28.8 Å². The summed E-state index contributed by atoms with van der Waals surface area (Å²) >= 11 is 0. The molecule has 8 nitrogen and oxygen atoms in total. The summed E-state index contributed by atoms with van der Waals surface area (Å²) in [4.78, 5) is 43.5. The standard InChI is InChI=1S/C38H41N3O5/c1-6-8-23-41(36(44)33(40-37(45)46-38(3,4)5)24-26-17-21-31(42)22-18-26)34(32-16-12-11-13-27(32)7-2)35(43)39-30-20-19-28-14-9-10-15-29(28)25-30/h2,9-22,25,33-34,42H,6,8,23-24H2,1,3-5H3,(H,39,43)(H,40,45). The number of nitrogens with one attached hydrogen (secondary N) is 2. The Hall–Kier alpha value is -5.29. The van der Waals surface area contributed by atoms with Gasteiger partial charge in [-0.2, -0.15) is 0 Å². The van der Waals surface area contributed by atoms with Gasteiger partial charge >= 0.3 is 6.09 Å². The molecule has 238 valence electrons. The molecule has 3 amide bonds. The molecular weight excluding hydrogens is 578 g/mol. The maximum absolute atomic E-state index is 14.6. The second-order valence-corrected chi connectivity index (χ2v) is 12.1. The molecule has 4 aromatic carbocycles. The number of fused-ring (bicyclic) bond motifs is 1. The van der Waals surface area contributed by atoms with Crippen LogP contribution in [-0.4, -0.2) is 46.1 Å². The van der Waals surface area contributed by atoms with E-state index in [4.69, 9.17) is 11.2 Å². The molecule has 2 unspecified atom stereocenters. The SMILES string of the molecule is C#Cc1ccccc1C(C(=O)Nc1ccc2ccccc2c1)N(CCCC)C(=O)C(Cc1ccc(O)cc1)NC(=O)OC(C)(C)C. The molecule has 0 aromatic heterocycles. The van der Waals surface area contributed by atoms with Crippen molar-refractivity contribution < 1.29 is 24.2 Å². The summed E-state index contributed by atoms with van der Waals surface area (Å²) in [5.41, 5.74) is 1.44. The van der Waals surface area contributed by atoms with E-state index in [0.717, 1.165) is 17.2 Å². The van der Waals surface area contributed by atoms with Gasteiger partial charge in [0.1, 0.15) is 23.4 Å². The first kappa shape index (κ1) is 33.6. The summed E-state index contributed by atoms with van der Waals surface area (Å²) in [5, 5.41) is 17.6. The second kappa shape index (κ2) is 15.1. The van der Waals surface area contributed by atoms with Crippen molar-refractivity contribution in [1.82, 2.24) is 10.2 Å². The van der Waals surface area contributed by atoms with E-state index < -0.39 is 35.6 Å². The van der Waals surface area contributed by atoms with Gasteiger partial charge in [-0.25, -0.2) is 4.79 Å². The Balaban J connectivity index is 1.78. The average molecular weight is 620 g/mol. The van der Waals surface area contributed by atoms with Crippen LogP contribution >= 0.6 is 0 Å². The smallest absolute Gasteiger partial charge is 0.408 e. The van der Waals surface area contributed by atoms with Crippen molar-refractivity contribution in [1.29, 1.82) is 0 Å². The first-order valence-corrected chi connectivity index (χ1v) is 15.4. The predicted octanol–water partition coefficient (Wildman–Crippen LogP) is 6.97. The summed E-state index contributed by atoms with van der Waals surface area (Å²) in [6.45, 7) is 7.43.